The van der Waals surface area contributed by atoms with E-state index in [9.17, 15) is 14.4 Å². The van der Waals surface area contributed by atoms with Crippen LogP contribution in [0.4, 0.5) is 16.0 Å². The molecule has 3 N–H and O–H groups in total. The first kappa shape index (κ1) is 24.4. The maximum absolute atomic E-state index is 13.2. The van der Waals surface area contributed by atoms with Crippen LogP contribution < -0.4 is 16.0 Å². The Labute approximate surface area is 209 Å². The van der Waals surface area contributed by atoms with E-state index in [-0.39, 0.29) is 28.9 Å². The number of amides is 1. The minimum atomic E-state index is -0.383. The van der Waals surface area contributed by atoms with Gasteiger partial charge in [-0.1, -0.05) is 36.4 Å². The van der Waals surface area contributed by atoms with Gasteiger partial charge in [0, 0.05) is 31.5 Å². The smallest absolute Gasteiger partial charge is 0.255 e. The lowest BCUT2D eigenvalue weighted by atomic mass is 10.1. The lowest BCUT2D eigenvalue weighted by Crippen LogP contribution is -2.28. The number of pyridine rings is 2. The predicted octanol–water partition coefficient (Wildman–Crippen LogP) is 5.30. The Balaban J connectivity index is 1.47. The van der Waals surface area contributed by atoms with Crippen LogP contribution in [0.15, 0.2) is 79.1 Å². The average Bonchev–Trinajstić information content (AvgIpc) is 2.92. The lowest BCUT2D eigenvalue weighted by Gasteiger charge is -2.16. The summed E-state index contributed by atoms with van der Waals surface area (Å²) < 4.78 is 13.2. The van der Waals surface area contributed by atoms with Crippen LogP contribution in [0.2, 0.25) is 0 Å². The van der Waals surface area contributed by atoms with Gasteiger partial charge >= 0.3 is 0 Å². The van der Waals surface area contributed by atoms with Crippen LogP contribution in [0.1, 0.15) is 40.0 Å². The number of carbonyl (C=O) groups is 1. The second-order valence-corrected chi connectivity index (χ2v) is 8.21. The molecule has 0 fully saturated rings. The van der Waals surface area contributed by atoms with Crippen LogP contribution in [0.3, 0.4) is 0 Å². The van der Waals surface area contributed by atoms with Gasteiger partial charge in [0.2, 0.25) is 0 Å². The quantitative estimate of drug-likeness (QED) is 0.316. The molecule has 180 valence electrons. The van der Waals surface area contributed by atoms with Crippen molar-refractivity contribution in [2.75, 3.05) is 17.7 Å². The third-order valence-corrected chi connectivity index (χ3v) is 5.75. The minimum absolute atomic E-state index is 0.260. The minimum Gasteiger partial charge on any atom is -0.373 e. The molecule has 0 bridgehead atoms. The number of hydrogen-bond acceptors (Lipinski definition) is 6. The first-order valence-electron chi connectivity index (χ1n) is 11.4. The van der Waals surface area contributed by atoms with Crippen LogP contribution in [0.25, 0.3) is 11.1 Å². The molecule has 2 aromatic heterocycles. The molecule has 2 heterocycles. The maximum atomic E-state index is 13.2. The Kier molecular flexibility index (Phi) is 7.51. The SMILES string of the molecule is CNc1ccc(-c2ccc(CNc3ncc(C#N)cc3C(=O)NC(C)c3ccc(F)cc3)cc2)cn1. The molecule has 0 saturated carbocycles. The van der Waals surface area contributed by atoms with Gasteiger partial charge in [-0.2, -0.15) is 5.26 Å². The number of nitrogens with zero attached hydrogens (tertiary/aromatic N) is 3. The van der Waals surface area contributed by atoms with Crippen molar-refractivity contribution in [2.45, 2.75) is 19.5 Å². The molecule has 4 aromatic rings. The molecule has 0 aliphatic rings. The zero-order valence-electron chi connectivity index (χ0n) is 19.9. The number of nitriles is 1. The Morgan fingerprint density at radius 2 is 1.72 bits per heavy atom. The molecule has 8 heteroatoms. The summed E-state index contributed by atoms with van der Waals surface area (Å²) >= 11 is 0. The van der Waals surface area contributed by atoms with E-state index in [0.717, 1.165) is 28.1 Å². The van der Waals surface area contributed by atoms with Crippen LogP contribution in [-0.4, -0.2) is 22.9 Å². The molecule has 36 heavy (non-hydrogen) atoms. The van der Waals surface area contributed by atoms with Gasteiger partial charge in [-0.3, -0.25) is 4.79 Å². The van der Waals surface area contributed by atoms with Crippen molar-refractivity contribution >= 4 is 17.5 Å². The molecule has 4 rings (SSSR count). The van der Waals surface area contributed by atoms with Crippen molar-refractivity contribution < 1.29 is 9.18 Å². The van der Waals surface area contributed by atoms with Gasteiger partial charge < -0.3 is 16.0 Å². The molecule has 0 aliphatic heterocycles. The van der Waals surface area contributed by atoms with Gasteiger partial charge in [-0.15, -0.1) is 0 Å². The second-order valence-electron chi connectivity index (χ2n) is 8.21. The van der Waals surface area contributed by atoms with Crippen LogP contribution >= 0.6 is 0 Å². The fraction of sp³-hybridized carbons (Fsp3) is 0.143. The number of nitrogens with one attached hydrogen (secondary N) is 3. The van der Waals surface area contributed by atoms with Crippen molar-refractivity contribution in [3.05, 3.63) is 107 Å². The van der Waals surface area contributed by atoms with E-state index in [1.54, 1.807) is 12.1 Å². The molecular weight excluding hydrogens is 455 g/mol. The Morgan fingerprint density at radius 1 is 1.00 bits per heavy atom. The third kappa shape index (κ3) is 5.83. The van der Waals surface area contributed by atoms with E-state index in [4.69, 9.17) is 0 Å². The number of anilines is 2. The van der Waals surface area contributed by atoms with Gasteiger partial charge in [0.05, 0.1) is 17.2 Å². The summed E-state index contributed by atoms with van der Waals surface area (Å²) in [5, 5.41) is 18.4. The summed E-state index contributed by atoms with van der Waals surface area (Å²) in [5.41, 5.74) is 4.35. The molecule has 0 saturated heterocycles. The van der Waals surface area contributed by atoms with Crippen molar-refractivity contribution in [3.8, 4) is 17.2 Å². The highest BCUT2D eigenvalue weighted by molar-refractivity contribution is 5.99. The summed E-state index contributed by atoms with van der Waals surface area (Å²) in [6, 6.07) is 21.1. The zero-order valence-corrected chi connectivity index (χ0v) is 19.9. The number of rotatable bonds is 8. The van der Waals surface area contributed by atoms with E-state index < -0.39 is 0 Å². The summed E-state index contributed by atoms with van der Waals surface area (Å²) in [6.07, 6.45) is 3.24. The lowest BCUT2D eigenvalue weighted by molar-refractivity contribution is 0.0940. The Bertz CT molecular complexity index is 1380. The summed E-state index contributed by atoms with van der Waals surface area (Å²) in [6.45, 7) is 2.24. The van der Waals surface area contributed by atoms with Crippen LogP contribution in [0.5, 0.6) is 0 Å². The van der Waals surface area contributed by atoms with Crippen molar-refractivity contribution in [1.29, 1.82) is 5.26 Å². The Hall–Kier alpha value is -4.77. The molecule has 0 aliphatic carbocycles. The number of carbonyl (C=O) groups excluding carboxylic acids is 1. The van der Waals surface area contributed by atoms with E-state index in [1.807, 2.05) is 62.6 Å². The van der Waals surface area contributed by atoms with E-state index >= 15 is 0 Å². The maximum Gasteiger partial charge on any atom is 0.255 e. The first-order chi connectivity index (χ1) is 17.5. The molecule has 2 aromatic carbocycles. The van der Waals surface area contributed by atoms with Crippen LogP contribution in [0, 0.1) is 17.1 Å². The van der Waals surface area contributed by atoms with Crippen molar-refractivity contribution in [3.63, 3.8) is 0 Å². The van der Waals surface area contributed by atoms with Crippen molar-refractivity contribution in [1.82, 2.24) is 15.3 Å². The number of aromatic nitrogens is 2. The number of hydrogen-bond donors (Lipinski definition) is 3. The highest BCUT2D eigenvalue weighted by atomic mass is 19.1. The fourth-order valence-electron chi connectivity index (χ4n) is 3.66. The van der Waals surface area contributed by atoms with E-state index in [0.29, 0.717) is 12.4 Å². The summed E-state index contributed by atoms with van der Waals surface area (Å²) in [7, 11) is 1.83. The normalized spacial score (nSPS) is 11.3. The Morgan fingerprint density at radius 3 is 2.36 bits per heavy atom. The van der Waals surface area contributed by atoms with Crippen LogP contribution in [-0.2, 0) is 6.54 Å². The molecule has 1 amide bonds. The predicted molar refractivity (Wildman–Crippen MR) is 138 cm³/mol. The molecule has 1 unspecified atom stereocenters. The van der Waals surface area contributed by atoms with E-state index in [2.05, 4.69) is 25.9 Å². The topological polar surface area (TPSA) is 103 Å². The van der Waals surface area contributed by atoms with Gasteiger partial charge in [-0.25, -0.2) is 14.4 Å². The number of benzene rings is 2. The standard InChI is InChI=1S/C28H25FN6O/c1-18(21-7-10-24(29)11-8-21)35-28(36)25-13-20(14-30)16-34-27(25)33-15-19-3-5-22(6-4-19)23-9-12-26(31-2)32-17-23/h3-13,16-18H,15H2,1-2H3,(H,31,32)(H,33,34)(H,35,36). The highest BCUT2D eigenvalue weighted by Crippen LogP contribution is 2.22. The monoisotopic (exact) mass is 480 g/mol. The molecule has 7 nitrogen and oxygen atoms in total. The van der Waals surface area contributed by atoms with Gasteiger partial charge in [-0.05, 0) is 53.9 Å². The van der Waals surface area contributed by atoms with Gasteiger partial charge in [0.1, 0.15) is 23.5 Å². The highest BCUT2D eigenvalue weighted by Gasteiger charge is 2.17. The molecule has 0 radical (unpaired) electrons. The van der Waals surface area contributed by atoms with Gasteiger partial charge in [0.25, 0.3) is 5.91 Å². The first-order valence-corrected chi connectivity index (χ1v) is 11.4. The fourth-order valence-corrected chi connectivity index (χ4v) is 3.66. The molecular formula is C28H25FN6O. The van der Waals surface area contributed by atoms with Gasteiger partial charge in [0.15, 0.2) is 0 Å². The van der Waals surface area contributed by atoms with E-state index in [1.165, 1.54) is 24.4 Å². The average molecular weight is 481 g/mol. The summed E-state index contributed by atoms with van der Waals surface area (Å²) in [5.74, 6) is 0.452. The second kappa shape index (κ2) is 11.1. The zero-order chi connectivity index (χ0) is 25.5. The molecule has 1 atom stereocenters. The largest absolute Gasteiger partial charge is 0.373 e. The number of halogens is 1. The third-order valence-electron chi connectivity index (χ3n) is 5.75. The molecule has 0 spiro atoms. The summed E-state index contributed by atoms with van der Waals surface area (Å²) in [4.78, 5) is 21.7. The van der Waals surface area contributed by atoms with Crippen molar-refractivity contribution in [2.24, 2.45) is 0 Å².